The van der Waals surface area contributed by atoms with Crippen molar-refractivity contribution in [1.29, 1.82) is 0 Å². The van der Waals surface area contributed by atoms with Crippen molar-refractivity contribution in [1.82, 2.24) is 9.97 Å². The van der Waals surface area contributed by atoms with Gasteiger partial charge in [0.05, 0.1) is 17.9 Å². The molecular formula is C13H17N3O2. The van der Waals surface area contributed by atoms with Gasteiger partial charge in [0.25, 0.3) is 0 Å². The van der Waals surface area contributed by atoms with Crippen molar-refractivity contribution in [3.8, 4) is 0 Å². The molecule has 2 aliphatic rings. The second-order valence-corrected chi connectivity index (χ2v) is 4.91. The van der Waals surface area contributed by atoms with Crippen molar-refractivity contribution in [2.45, 2.75) is 44.6 Å². The Bertz CT molecular complexity index is 467. The third kappa shape index (κ3) is 2.44. The average Bonchev–Trinajstić information content (AvgIpc) is 3.23. The van der Waals surface area contributed by atoms with Gasteiger partial charge in [0.15, 0.2) is 0 Å². The van der Waals surface area contributed by atoms with Crippen LogP contribution in [0.5, 0.6) is 0 Å². The Hall–Kier alpha value is -1.65. The van der Waals surface area contributed by atoms with Crippen molar-refractivity contribution in [2.75, 3.05) is 11.9 Å². The van der Waals surface area contributed by atoms with Gasteiger partial charge in [0.1, 0.15) is 0 Å². The summed E-state index contributed by atoms with van der Waals surface area (Å²) in [6, 6.07) is 0.519. The monoisotopic (exact) mass is 247 g/mol. The molecule has 2 aliphatic carbocycles. The Morgan fingerprint density at radius 1 is 1.44 bits per heavy atom. The van der Waals surface area contributed by atoms with Gasteiger partial charge >= 0.3 is 5.97 Å². The minimum absolute atomic E-state index is 0.308. The highest BCUT2D eigenvalue weighted by atomic mass is 16.5. The number of carbonyl (C=O) groups excluding carboxylic acids is 1. The molecule has 0 aromatic carbocycles. The van der Waals surface area contributed by atoms with Gasteiger partial charge in [-0.25, -0.2) is 14.8 Å². The molecule has 0 amide bonds. The molecule has 2 fully saturated rings. The molecule has 5 nitrogen and oxygen atoms in total. The smallest absolute Gasteiger partial charge is 0.341 e. The van der Waals surface area contributed by atoms with Crippen LogP contribution >= 0.6 is 0 Å². The van der Waals surface area contributed by atoms with Crippen LogP contribution in [-0.4, -0.2) is 28.6 Å². The summed E-state index contributed by atoms with van der Waals surface area (Å²) in [5, 5.41) is 3.26. The van der Waals surface area contributed by atoms with Crippen molar-refractivity contribution in [2.24, 2.45) is 0 Å². The van der Waals surface area contributed by atoms with Crippen LogP contribution in [0.25, 0.3) is 0 Å². The molecule has 0 radical (unpaired) electrons. The Labute approximate surface area is 106 Å². The average molecular weight is 247 g/mol. The lowest BCUT2D eigenvalue weighted by Gasteiger charge is -2.09. The van der Waals surface area contributed by atoms with E-state index in [2.05, 4.69) is 15.3 Å². The molecular weight excluding hydrogens is 230 g/mol. The highest BCUT2D eigenvalue weighted by Gasteiger charge is 2.31. The van der Waals surface area contributed by atoms with E-state index in [0.717, 1.165) is 18.5 Å². The van der Waals surface area contributed by atoms with Crippen molar-refractivity contribution in [3.63, 3.8) is 0 Å². The van der Waals surface area contributed by atoms with E-state index in [0.29, 0.717) is 30.1 Å². The Kier molecular flexibility index (Phi) is 2.89. The summed E-state index contributed by atoms with van der Waals surface area (Å²) in [4.78, 5) is 20.5. The normalized spacial score (nSPS) is 18.5. The molecule has 0 bridgehead atoms. The SMILES string of the molecule is CCOC(=O)c1cnc(NC2CC2)nc1C1CC1. The highest BCUT2D eigenvalue weighted by molar-refractivity contribution is 5.90. The summed E-state index contributed by atoms with van der Waals surface area (Å²) in [6.45, 7) is 2.18. The first-order chi connectivity index (χ1) is 8.78. The maximum absolute atomic E-state index is 11.8. The summed E-state index contributed by atoms with van der Waals surface area (Å²) in [7, 11) is 0. The summed E-state index contributed by atoms with van der Waals surface area (Å²) in [5.74, 6) is 0.747. The van der Waals surface area contributed by atoms with E-state index in [1.807, 2.05) is 0 Å². The maximum atomic E-state index is 11.8. The van der Waals surface area contributed by atoms with Gasteiger partial charge in [0, 0.05) is 18.2 Å². The lowest BCUT2D eigenvalue weighted by molar-refractivity contribution is 0.0524. The van der Waals surface area contributed by atoms with Crippen molar-refractivity contribution in [3.05, 3.63) is 17.5 Å². The lowest BCUT2D eigenvalue weighted by atomic mass is 10.1. The number of hydrogen-bond acceptors (Lipinski definition) is 5. The number of rotatable bonds is 5. The highest BCUT2D eigenvalue weighted by Crippen LogP contribution is 2.41. The lowest BCUT2D eigenvalue weighted by Crippen LogP contribution is -2.13. The minimum Gasteiger partial charge on any atom is -0.462 e. The van der Waals surface area contributed by atoms with Gasteiger partial charge in [-0.3, -0.25) is 0 Å². The molecule has 5 heteroatoms. The fourth-order valence-electron chi connectivity index (χ4n) is 1.91. The van der Waals surface area contributed by atoms with E-state index in [1.54, 1.807) is 13.1 Å². The van der Waals surface area contributed by atoms with Crippen LogP contribution in [0.1, 0.15) is 54.6 Å². The van der Waals surface area contributed by atoms with Crippen LogP contribution in [0.3, 0.4) is 0 Å². The molecule has 0 atom stereocenters. The molecule has 0 saturated heterocycles. The Morgan fingerprint density at radius 2 is 2.22 bits per heavy atom. The van der Waals surface area contributed by atoms with E-state index in [4.69, 9.17) is 4.74 Å². The first kappa shape index (κ1) is 11.4. The molecule has 0 unspecified atom stereocenters. The number of hydrogen-bond donors (Lipinski definition) is 1. The zero-order chi connectivity index (χ0) is 12.5. The standard InChI is InChI=1S/C13H17N3O2/c1-2-18-12(17)10-7-14-13(15-9-5-6-9)16-11(10)8-3-4-8/h7-9H,2-6H2,1H3,(H,14,15,16). The van der Waals surface area contributed by atoms with E-state index in [1.165, 1.54) is 12.8 Å². The number of aromatic nitrogens is 2. The molecule has 2 saturated carbocycles. The Balaban J connectivity index is 1.85. The predicted molar refractivity (Wildman–Crippen MR) is 66.6 cm³/mol. The van der Waals surface area contributed by atoms with Crippen LogP contribution in [0.4, 0.5) is 5.95 Å². The molecule has 0 aliphatic heterocycles. The van der Waals surface area contributed by atoms with Crippen LogP contribution < -0.4 is 5.32 Å². The van der Waals surface area contributed by atoms with Gasteiger partial charge in [-0.15, -0.1) is 0 Å². The fourth-order valence-corrected chi connectivity index (χ4v) is 1.91. The van der Waals surface area contributed by atoms with E-state index >= 15 is 0 Å². The van der Waals surface area contributed by atoms with Crippen LogP contribution in [-0.2, 0) is 4.74 Å². The zero-order valence-electron chi connectivity index (χ0n) is 10.5. The molecule has 0 spiro atoms. The minimum atomic E-state index is -0.308. The molecule has 1 N–H and O–H groups in total. The van der Waals surface area contributed by atoms with E-state index in [-0.39, 0.29) is 5.97 Å². The van der Waals surface area contributed by atoms with Crippen LogP contribution in [0, 0.1) is 0 Å². The molecule has 1 aromatic rings. The number of anilines is 1. The van der Waals surface area contributed by atoms with Gasteiger partial charge in [-0.2, -0.15) is 0 Å². The topological polar surface area (TPSA) is 64.1 Å². The number of carbonyl (C=O) groups is 1. The second-order valence-electron chi connectivity index (χ2n) is 4.91. The van der Waals surface area contributed by atoms with Gasteiger partial charge in [-0.05, 0) is 32.6 Å². The first-order valence-corrected chi connectivity index (χ1v) is 6.58. The number of nitrogens with one attached hydrogen (secondary N) is 1. The van der Waals surface area contributed by atoms with Gasteiger partial charge < -0.3 is 10.1 Å². The Morgan fingerprint density at radius 3 is 2.83 bits per heavy atom. The molecule has 3 rings (SSSR count). The number of esters is 1. The van der Waals surface area contributed by atoms with Crippen molar-refractivity contribution < 1.29 is 9.53 Å². The largest absolute Gasteiger partial charge is 0.462 e. The van der Waals surface area contributed by atoms with Crippen LogP contribution in [0.15, 0.2) is 6.20 Å². The van der Waals surface area contributed by atoms with E-state index in [9.17, 15) is 4.79 Å². The summed E-state index contributed by atoms with van der Waals surface area (Å²) >= 11 is 0. The molecule has 18 heavy (non-hydrogen) atoms. The molecule has 1 heterocycles. The predicted octanol–water partition coefficient (Wildman–Crippen LogP) is 2.10. The van der Waals surface area contributed by atoms with Gasteiger partial charge in [-0.1, -0.05) is 0 Å². The van der Waals surface area contributed by atoms with Crippen molar-refractivity contribution >= 4 is 11.9 Å². The maximum Gasteiger partial charge on any atom is 0.341 e. The summed E-state index contributed by atoms with van der Waals surface area (Å²) in [6.07, 6.45) is 6.17. The fraction of sp³-hybridized carbons (Fsp3) is 0.615. The van der Waals surface area contributed by atoms with E-state index < -0.39 is 0 Å². The summed E-state index contributed by atoms with van der Waals surface area (Å²) in [5.41, 5.74) is 1.38. The third-order valence-electron chi connectivity index (χ3n) is 3.19. The third-order valence-corrected chi connectivity index (χ3v) is 3.19. The molecule has 1 aromatic heterocycles. The first-order valence-electron chi connectivity index (χ1n) is 6.58. The van der Waals surface area contributed by atoms with Crippen LogP contribution in [0.2, 0.25) is 0 Å². The summed E-state index contributed by atoms with van der Waals surface area (Å²) < 4.78 is 5.04. The number of ether oxygens (including phenoxy) is 1. The van der Waals surface area contributed by atoms with Gasteiger partial charge in [0.2, 0.25) is 5.95 Å². The molecule has 96 valence electrons. The zero-order valence-corrected chi connectivity index (χ0v) is 10.5. The quantitative estimate of drug-likeness (QED) is 0.807. The number of nitrogens with zero attached hydrogens (tertiary/aromatic N) is 2. The second kappa shape index (κ2) is 4.55.